The number of nitrogens with one attached hydrogen (secondary N) is 1. The van der Waals surface area contributed by atoms with Crippen molar-refractivity contribution < 1.29 is 27.5 Å². The molecule has 0 aromatic heterocycles. The summed E-state index contributed by atoms with van der Waals surface area (Å²) in [5.41, 5.74) is -0.922. The highest BCUT2D eigenvalue weighted by atomic mass is 19.2. The van der Waals surface area contributed by atoms with Crippen molar-refractivity contribution in [2.24, 2.45) is 5.10 Å². The molecular formula is C23H30F3N5O3. The Bertz CT molecular complexity index is 993. The van der Waals surface area contributed by atoms with Gasteiger partial charge in [-0.3, -0.25) is 9.80 Å². The fourth-order valence-corrected chi connectivity index (χ4v) is 4.08. The first kappa shape index (κ1) is 24.2. The molecule has 0 spiro atoms. The number of hydrogen-bond acceptors (Lipinski definition) is 6. The quantitative estimate of drug-likeness (QED) is 0.633. The number of hydrogen-bond donors (Lipinski definition) is 1. The molecule has 2 heterocycles. The number of amides is 2. The van der Waals surface area contributed by atoms with Gasteiger partial charge in [0.25, 0.3) is 0 Å². The summed E-state index contributed by atoms with van der Waals surface area (Å²) in [7, 11) is 0. The van der Waals surface area contributed by atoms with Gasteiger partial charge in [-0.1, -0.05) is 0 Å². The molecule has 1 saturated carbocycles. The minimum atomic E-state index is -1.30. The maximum absolute atomic E-state index is 14.3. The van der Waals surface area contributed by atoms with Crippen molar-refractivity contribution in [2.75, 3.05) is 26.3 Å². The van der Waals surface area contributed by atoms with Crippen LogP contribution in [-0.2, 0) is 16.0 Å². The van der Waals surface area contributed by atoms with Crippen LogP contribution < -0.4 is 5.32 Å². The summed E-state index contributed by atoms with van der Waals surface area (Å²) in [5.74, 6) is -2.87. The maximum Gasteiger partial charge on any atom is 0.407 e. The topological polar surface area (TPSA) is 77.5 Å². The standard InChI is InChI=1S/C23H30F3N5O3/c1-23(2,3)34-22(33)27-15(8-14-9-18(25)19(26)11-17(14)24)10-21(32)29-6-7-30-13-31(16-4-5-16)28-20(30)12-29/h9,11,15-16H,4-8,10,12-13H2,1-3H3,(H,27,33)/t15-/m1/s1. The molecule has 1 aromatic carbocycles. The van der Waals surface area contributed by atoms with Gasteiger partial charge in [-0.15, -0.1) is 0 Å². The van der Waals surface area contributed by atoms with Crippen LogP contribution in [0.1, 0.15) is 45.6 Å². The Kier molecular flexibility index (Phi) is 6.64. The van der Waals surface area contributed by atoms with E-state index in [1.54, 1.807) is 25.7 Å². The predicted octanol–water partition coefficient (Wildman–Crippen LogP) is 2.82. The number of nitrogens with zero attached hydrogens (tertiary/aromatic N) is 4. The number of hydrazone groups is 1. The number of alkyl carbamates (subject to hydrolysis) is 1. The van der Waals surface area contributed by atoms with Crippen LogP contribution in [0, 0.1) is 17.5 Å². The van der Waals surface area contributed by atoms with Crippen molar-refractivity contribution in [3.8, 4) is 0 Å². The smallest absolute Gasteiger partial charge is 0.407 e. The van der Waals surface area contributed by atoms with Crippen LogP contribution in [0.5, 0.6) is 0 Å². The summed E-state index contributed by atoms with van der Waals surface area (Å²) >= 11 is 0. The molecule has 0 bridgehead atoms. The van der Waals surface area contributed by atoms with Crippen molar-refractivity contribution in [3.63, 3.8) is 0 Å². The molecule has 2 aliphatic heterocycles. The maximum atomic E-state index is 14.3. The molecule has 4 rings (SSSR count). The van der Waals surface area contributed by atoms with Crippen LogP contribution in [0.3, 0.4) is 0 Å². The van der Waals surface area contributed by atoms with Crippen molar-refractivity contribution in [1.29, 1.82) is 0 Å². The molecule has 1 aromatic rings. The molecule has 34 heavy (non-hydrogen) atoms. The van der Waals surface area contributed by atoms with Gasteiger partial charge in [-0.25, -0.2) is 18.0 Å². The molecule has 3 aliphatic rings. The minimum Gasteiger partial charge on any atom is -0.444 e. The highest BCUT2D eigenvalue weighted by Crippen LogP contribution is 2.30. The average Bonchev–Trinajstić information content (AvgIpc) is 3.49. The number of rotatable bonds is 6. The molecule has 11 heteroatoms. The first-order valence-corrected chi connectivity index (χ1v) is 11.5. The van der Waals surface area contributed by atoms with E-state index in [4.69, 9.17) is 4.74 Å². The summed E-state index contributed by atoms with van der Waals surface area (Å²) in [5, 5.41) is 9.28. The predicted molar refractivity (Wildman–Crippen MR) is 118 cm³/mol. The molecule has 2 fully saturated rings. The van der Waals surface area contributed by atoms with E-state index in [9.17, 15) is 22.8 Å². The number of ether oxygens (including phenoxy) is 1. The lowest BCUT2D eigenvalue weighted by molar-refractivity contribution is -0.131. The Morgan fingerprint density at radius 2 is 1.85 bits per heavy atom. The first-order chi connectivity index (χ1) is 16.0. The molecule has 1 N–H and O–H groups in total. The summed E-state index contributed by atoms with van der Waals surface area (Å²) in [4.78, 5) is 29.3. The zero-order chi connectivity index (χ0) is 24.6. The third-order valence-corrected chi connectivity index (χ3v) is 5.92. The number of amidine groups is 1. The number of piperazine rings is 1. The first-order valence-electron chi connectivity index (χ1n) is 11.5. The van der Waals surface area contributed by atoms with Crippen LogP contribution in [-0.4, -0.2) is 76.6 Å². The Morgan fingerprint density at radius 1 is 1.15 bits per heavy atom. The summed E-state index contributed by atoms with van der Waals surface area (Å²) in [6.07, 6.45) is 1.12. The van der Waals surface area contributed by atoms with Gasteiger partial charge in [0.2, 0.25) is 5.91 Å². The van der Waals surface area contributed by atoms with E-state index in [0.717, 1.165) is 31.4 Å². The molecule has 8 nitrogen and oxygen atoms in total. The number of fused-ring (bicyclic) bond motifs is 1. The lowest BCUT2D eigenvalue weighted by Gasteiger charge is -2.34. The van der Waals surface area contributed by atoms with E-state index < -0.39 is 35.2 Å². The average molecular weight is 482 g/mol. The van der Waals surface area contributed by atoms with Gasteiger partial charge in [0.15, 0.2) is 11.6 Å². The largest absolute Gasteiger partial charge is 0.444 e. The van der Waals surface area contributed by atoms with E-state index in [2.05, 4.69) is 20.3 Å². The highest BCUT2D eigenvalue weighted by Gasteiger charge is 2.37. The van der Waals surface area contributed by atoms with Crippen LogP contribution in [0.15, 0.2) is 17.2 Å². The summed E-state index contributed by atoms with van der Waals surface area (Å²) < 4.78 is 46.6. The second-order valence-corrected chi connectivity index (χ2v) is 10.0. The normalized spacial score (nSPS) is 19.0. The molecule has 0 radical (unpaired) electrons. The van der Waals surface area contributed by atoms with Gasteiger partial charge in [-0.05, 0) is 51.7 Å². The lowest BCUT2D eigenvalue weighted by Crippen LogP contribution is -2.52. The molecule has 2 amide bonds. The number of benzene rings is 1. The number of halogens is 3. The fraction of sp³-hybridized carbons (Fsp3) is 0.609. The molecular weight excluding hydrogens is 451 g/mol. The van der Waals surface area contributed by atoms with E-state index in [1.165, 1.54) is 0 Å². The minimum absolute atomic E-state index is 0.141. The van der Waals surface area contributed by atoms with Crippen LogP contribution in [0.25, 0.3) is 0 Å². The van der Waals surface area contributed by atoms with E-state index >= 15 is 0 Å². The third-order valence-electron chi connectivity index (χ3n) is 5.92. The molecule has 186 valence electrons. The Hall–Kier alpha value is -2.98. The highest BCUT2D eigenvalue weighted by molar-refractivity contribution is 5.90. The second-order valence-electron chi connectivity index (χ2n) is 10.0. The Labute approximate surface area is 196 Å². The number of carbonyl (C=O) groups excluding carboxylic acids is 2. The van der Waals surface area contributed by atoms with E-state index in [0.29, 0.717) is 31.7 Å². The van der Waals surface area contributed by atoms with Gasteiger partial charge >= 0.3 is 6.09 Å². The lowest BCUT2D eigenvalue weighted by atomic mass is 10.0. The van der Waals surface area contributed by atoms with Gasteiger partial charge in [0, 0.05) is 37.7 Å². The van der Waals surface area contributed by atoms with Crippen molar-refractivity contribution >= 4 is 17.8 Å². The third kappa shape index (κ3) is 5.92. The molecule has 0 unspecified atom stereocenters. The Balaban J connectivity index is 1.45. The zero-order valence-electron chi connectivity index (χ0n) is 19.6. The fourth-order valence-electron chi connectivity index (χ4n) is 4.08. The van der Waals surface area contributed by atoms with Crippen molar-refractivity contribution in [2.45, 2.75) is 64.1 Å². The van der Waals surface area contributed by atoms with Crippen molar-refractivity contribution in [1.82, 2.24) is 20.1 Å². The van der Waals surface area contributed by atoms with Gasteiger partial charge in [-0.2, -0.15) is 5.10 Å². The number of carbonyl (C=O) groups is 2. The van der Waals surface area contributed by atoms with Crippen LogP contribution >= 0.6 is 0 Å². The summed E-state index contributed by atoms with van der Waals surface area (Å²) in [6, 6.07) is 0.807. The SMILES string of the molecule is CC(C)(C)OC(=O)N[C@@H](CC(=O)N1CCN2CN(C3CC3)N=C2C1)Cc1cc(F)c(F)cc1F. The van der Waals surface area contributed by atoms with Gasteiger partial charge < -0.3 is 19.9 Å². The monoisotopic (exact) mass is 481 g/mol. The van der Waals surface area contributed by atoms with E-state index in [1.807, 2.05) is 0 Å². The molecule has 1 atom stereocenters. The van der Waals surface area contributed by atoms with Crippen LogP contribution in [0.4, 0.5) is 18.0 Å². The van der Waals surface area contributed by atoms with E-state index in [-0.39, 0.29) is 24.3 Å². The van der Waals surface area contributed by atoms with Gasteiger partial charge in [0.05, 0.1) is 6.54 Å². The summed E-state index contributed by atoms with van der Waals surface area (Å²) in [6.45, 7) is 7.29. The molecule has 1 aliphatic carbocycles. The van der Waals surface area contributed by atoms with Gasteiger partial charge in [0.1, 0.15) is 23.9 Å². The molecule has 1 saturated heterocycles. The zero-order valence-corrected chi connectivity index (χ0v) is 19.6. The van der Waals surface area contributed by atoms with Crippen molar-refractivity contribution in [3.05, 3.63) is 35.1 Å². The Morgan fingerprint density at radius 3 is 2.53 bits per heavy atom. The van der Waals surface area contributed by atoms with Crippen LogP contribution in [0.2, 0.25) is 0 Å². The second kappa shape index (κ2) is 9.34.